The van der Waals surface area contributed by atoms with Crippen LogP contribution in [0, 0.1) is 6.92 Å². The average molecular weight is 294 g/mol. The summed E-state index contributed by atoms with van der Waals surface area (Å²) in [6, 6.07) is 14.9. The van der Waals surface area contributed by atoms with Crippen LogP contribution >= 0.6 is 0 Å². The van der Waals surface area contributed by atoms with Crippen LogP contribution in [-0.4, -0.2) is 5.11 Å². The Bertz CT molecular complexity index is 848. The van der Waals surface area contributed by atoms with Crippen LogP contribution in [0.5, 0.6) is 5.75 Å². The lowest BCUT2D eigenvalue weighted by atomic mass is 10.0. The summed E-state index contributed by atoms with van der Waals surface area (Å²) in [7, 11) is 0. The van der Waals surface area contributed by atoms with Crippen molar-refractivity contribution in [3.05, 3.63) is 75.6 Å². The molecule has 112 valence electrons. The molecule has 0 saturated carbocycles. The maximum Gasteiger partial charge on any atom is 0.196 e. The highest BCUT2D eigenvalue weighted by molar-refractivity contribution is 5.78. The molecule has 0 spiro atoms. The van der Waals surface area contributed by atoms with E-state index < -0.39 is 0 Å². The lowest BCUT2D eigenvalue weighted by molar-refractivity contribution is 0.473. The SMILES string of the molecule is Cc1oc2cc(O)ccc2c(=O)c1CCCc1ccccc1. The number of phenolic OH excluding ortho intramolecular Hbond substituents is 1. The Morgan fingerprint density at radius 1 is 1.05 bits per heavy atom. The summed E-state index contributed by atoms with van der Waals surface area (Å²) in [5, 5.41) is 10.0. The fraction of sp³-hybridized carbons (Fsp3) is 0.211. The van der Waals surface area contributed by atoms with Gasteiger partial charge in [-0.2, -0.15) is 0 Å². The molecule has 0 aliphatic carbocycles. The van der Waals surface area contributed by atoms with Crippen LogP contribution in [0.25, 0.3) is 11.0 Å². The first-order valence-electron chi connectivity index (χ1n) is 7.44. The van der Waals surface area contributed by atoms with E-state index >= 15 is 0 Å². The van der Waals surface area contributed by atoms with Gasteiger partial charge in [-0.3, -0.25) is 4.79 Å². The van der Waals surface area contributed by atoms with Crippen LogP contribution < -0.4 is 5.43 Å². The number of aromatic hydroxyl groups is 1. The highest BCUT2D eigenvalue weighted by atomic mass is 16.3. The van der Waals surface area contributed by atoms with Gasteiger partial charge in [0.25, 0.3) is 0 Å². The number of hydrogen-bond donors (Lipinski definition) is 1. The summed E-state index contributed by atoms with van der Waals surface area (Å²) in [6.07, 6.45) is 2.53. The van der Waals surface area contributed by atoms with Gasteiger partial charge in [0.05, 0.1) is 5.39 Å². The number of aryl methyl sites for hydroxylation is 2. The molecule has 0 unspecified atom stereocenters. The van der Waals surface area contributed by atoms with Crippen molar-refractivity contribution in [3.63, 3.8) is 0 Å². The lowest BCUT2D eigenvalue weighted by Crippen LogP contribution is -2.11. The van der Waals surface area contributed by atoms with Gasteiger partial charge in [0.2, 0.25) is 0 Å². The number of fused-ring (bicyclic) bond motifs is 1. The van der Waals surface area contributed by atoms with Gasteiger partial charge < -0.3 is 9.52 Å². The summed E-state index contributed by atoms with van der Waals surface area (Å²) >= 11 is 0. The predicted molar refractivity (Wildman–Crippen MR) is 87.4 cm³/mol. The smallest absolute Gasteiger partial charge is 0.196 e. The van der Waals surface area contributed by atoms with Crippen LogP contribution in [0.15, 0.2) is 57.7 Å². The van der Waals surface area contributed by atoms with Crippen LogP contribution in [0.2, 0.25) is 0 Å². The molecule has 0 aliphatic heterocycles. The van der Waals surface area contributed by atoms with E-state index in [0.29, 0.717) is 23.2 Å². The Hall–Kier alpha value is -2.55. The second-order valence-corrected chi connectivity index (χ2v) is 5.49. The van der Waals surface area contributed by atoms with E-state index in [1.54, 1.807) is 6.07 Å². The molecule has 0 fully saturated rings. The lowest BCUT2D eigenvalue weighted by Gasteiger charge is -2.07. The third-order valence-corrected chi connectivity index (χ3v) is 3.91. The minimum absolute atomic E-state index is 0.00631. The van der Waals surface area contributed by atoms with Crippen molar-refractivity contribution >= 4 is 11.0 Å². The van der Waals surface area contributed by atoms with Crippen molar-refractivity contribution in [1.29, 1.82) is 0 Å². The van der Waals surface area contributed by atoms with Crippen LogP contribution in [0.3, 0.4) is 0 Å². The zero-order valence-corrected chi connectivity index (χ0v) is 12.5. The van der Waals surface area contributed by atoms with E-state index in [4.69, 9.17) is 4.42 Å². The number of phenols is 1. The Kier molecular flexibility index (Phi) is 3.96. The van der Waals surface area contributed by atoms with Gasteiger partial charge in [-0.25, -0.2) is 0 Å². The zero-order chi connectivity index (χ0) is 15.5. The molecular weight excluding hydrogens is 276 g/mol. The molecule has 0 bridgehead atoms. The highest BCUT2D eigenvalue weighted by Crippen LogP contribution is 2.21. The predicted octanol–water partition coefficient (Wildman–Crippen LogP) is 3.98. The van der Waals surface area contributed by atoms with Crippen molar-refractivity contribution in [2.24, 2.45) is 0 Å². The van der Waals surface area contributed by atoms with Gasteiger partial charge in [-0.1, -0.05) is 30.3 Å². The summed E-state index contributed by atoms with van der Waals surface area (Å²) in [5.74, 6) is 0.739. The molecule has 22 heavy (non-hydrogen) atoms. The van der Waals surface area contributed by atoms with Crippen LogP contribution in [-0.2, 0) is 12.8 Å². The van der Waals surface area contributed by atoms with Gasteiger partial charge in [0, 0.05) is 11.6 Å². The average Bonchev–Trinajstić information content (AvgIpc) is 2.51. The molecule has 0 amide bonds. The van der Waals surface area contributed by atoms with Gasteiger partial charge in [0.1, 0.15) is 17.1 Å². The molecule has 2 aromatic carbocycles. The first-order valence-corrected chi connectivity index (χ1v) is 7.44. The molecular formula is C19H18O3. The van der Waals surface area contributed by atoms with Gasteiger partial charge in [-0.15, -0.1) is 0 Å². The molecule has 1 N–H and O–H groups in total. The summed E-state index contributed by atoms with van der Waals surface area (Å²) in [4.78, 5) is 12.6. The Morgan fingerprint density at radius 3 is 2.59 bits per heavy atom. The topological polar surface area (TPSA) is 50.4 Å². The van der Waals surface area contributed by atoms with Gasteiger partial charge in [0.15, 0.2) is 5.43 Å². The monoisotopic (exact) mass is 294 g/mol. The molecule has 0 radical (unpaired) electrons. The summed E-state index contributed by atoms with van der Waals surface area (Å²) in [6.45, 7) is 1.81. The van der Waals surface area contributed by atoms with E-state index in [-0.39, 0.29) is 11.2 Å². The third-order valence-electron chi connectivity index (χ3n) is 3.91. The second kappa shape index (κ2) is 6.06. The molecule has 3 rings (SSSR count). The molecule has 3 heteroatoms. The van der Waals surface area contributed by atoms with Gasteiger partial charge >= 0.3 is 0 Å². The Balaban J connectivity index is 1.84. The molecule has 0 atom stereocenters. The molecule has 0 saturated heterocycles. The maximum absolute atomic E-state index is 12.6. The van der Waals surface area contributed by atoms with Crippen molar-refractivity contribution in [2.45, 2.75) is 26.2 Å². The highest BCUT2D eigenvalue weighted by Gasteiger charge is 2.11. The zero-order valence-electron chi connectivity index (χ0n) is 12.5. The van der Waals surface area contributed by atoms with Crippen LogP contribution in [0.4, 0.5) is 0 Å². The van der Waals surface area contributed by atoms with Crippen LogP contribution in [0.1, 0.15) is 23.3 Å². The van der Waals surface area contributed by atoms with Crippen molar-refractivity contribution in [3.8, 4) is 5.75 Å². The summed E-state index contributed by atoms with van der Waals surface area (Å²) < 4.78 is 5.70. The van der Waals surface area contributed by atoms with E-state index in [1.165, 1.54) is 17.7 Å². The third kappa shape index (κ3) is 2.89. The fourth-order valence-corrected chi connectivity index (χ4v) is 2.74. The first-order chi connectivity index (χ1) is 10.6. The molecule has 3 aromatic rings. The standard InChI is InChI=1S/C19H18O3/c1-13-16(9-5-8-14-6-3-2-4-7-14)19(21)17-11-10-15(20)12-18(17)22-13/h2-4,6-7,10-12,20H,5,8-9H2,1H3. The van der Waals surface area contributed by atoms with E-state index in [1.807, 2.05) is 25.1 Å². The Morgan fingerprint density at radius 2 is 1.82 bits per heavy atom. The van der Waals surface area contributed by atoms with E-state index in [2.05, 4.69) is 12.1 Å². The number of benzene rings is 2. The first kappa shape index (κ1) is 14.4. The normalized spacial score (nSPS) is 11.0. The van der Waals surface area contributed by atoms with Crippen molar-refractivity contribution < 1.29 is 9.52 Å². The summed E-state index contributed by atoms with van der Waals surface area (Å²) in [5.41, 5.74) is 2.45. The number of hydrogen-bond acceptors (Lipinski definition) is 3. The van der Waals surface area contributed by atoms with E-state index in [0.717, 1.165) is 18.4 Å². The van der Waals surface area contributed by atoms with E-state index in [9.17, 15) is 9.90 Å². The minimum atomic E-state index is 0.00631. The largest absolute Gasteiger partial charge is 0.508 e. The minimum Gasteiger partial charge on any atom is -0.508 e. The second-order valence-electron chi connectivity index (χ2n) is 5.49. The van der Waals surface area contributed by atoms with Crippen molar-refractivity contribution in [2.75, 3.05) is 0 Å². The molecule has 1 aromatic heterocycles. The molecule has 1 heterocycles. The van der Waals surface area contributed by atoms with Gasteiger partial charge in [-0.05, 0) is 43.9 Å². The molecule has 3 nitrogen and oxygen atoms in total. The Labute approximate surface area is 128 Å². The number of rotatable bonds is 4. The quantitative estimate of drug-likeness (QED) is 0.791. The fourth-order valence-electron chi connectivity index (χ4n) is 2.74. The maximum atomic E-state index is 12.6. The molecule has 0 aliphatic rings. The van der Waals surface area contributed by atoms with Crippen molar-refractivity contribution in [1.82, 2.24) is 0 Å².